The summed E-state index contributed by atoms with van der Waals surface area (Å²) in [5, 5.41) is 8.96. The highest BCUT2D eigenvalue weighted by Crippen LogP contribution is 2.34. The fourth-order valence-electron chi connectivity index (χ4n) is 2.96. The lowest BCUT2D eigenvalue weighted by atomic mass is 10.1. The largest absolute Gasteiger partial charge is 0.433 e. The molecule has 0 amide bonds. The van der Waals surface area contributed by atoms with Crippen molar-refractivity contribution in [2.75, 3.05) is 5.75 Å². The van der Waals surface area contributed by atoms with Crippen molar-refractivity contribution >= 4 is 17.4 Å². The molecule has 3 aromatic heterocycles. The van der Waals surface area contributed by atoms with E-state index in [2.05, 4.69) is 21.0 Å². The van der Waals surface area contributed by atoms with E-state index in [1.165, 1.54) is 4.40 Å². The van der Waals surface area contributed by atoms with Gasteiger partial charge in [-0.15, -0.1) is 11.8 Å². The highest BCUT2D eigenvalue weighted by atomic mass is 32.2. The van der Waals surface area contributed by atoms with Gasteiger partial charge in [0.05, 0.1) is 11.6 Å². The zero-order chi connectivity index (χ0) is 21.3. The molecule has 4 aromatic rings. The molecule has 0 radical (unpaired) electrons. The van der Waals surface area contributed by atoms with E-state index in [1.54, 1.807) is 36.3 Å². The van der Waals surface area contributed by atoms with Crippen LogP contribution in [0.15, 0.2) is 60.0 Å². The van der Waals surface area contributed by atoms with Crippen LogP contribution in [0.25, 0.3) is 28.2 Å². The summed E-state index contributed by atoms with van der Waals surface area (Å²) in [5.41, 5.74) is 2.60. The quantitative estimate of drug-likeness (QED) is 0.406. The number of alkyl halides is 3. The van der Waals surface area contributed by atoms with Gasteiger partial charge in [-0.25, -0.2) is 9.97 Å². The third-order valence-electron chi connectivity index (χ3n) is 4.38. The minimum Gasteiger partial charge on any atom is -0.290 e. The summed E-state index contributed by atoms with van der Waals surface area (Å²) in [4.78, 5) is 13.2. The number of imidazole rings is 1. The summed E-state index contributed by atoms with van der Waals surface area (Å²) in [7, 11) is 0. The van der Waals surface area contributed by atoms with Gasteiger partial charge in [-0.1, -0.05) is 19.1 Å². The second kappa shape index (κ2) is 7.80. The lowest BCUT2D eigenvalue weighted by Crippen LogP contribution is -2.08. The molecule has 30 heavy (non-hydrogen) atoms. The van der Waals surface area contributed by atoms with Crippen LogP contribution in [0.2, 0.25) is 0 Å². The molecule has 150 valence electrons. The summed E-state index contributed by atoms with van der Waals surface area (Å²) in [6.45, 7) is 2.01. The van der Waals surface area contributed by atoms with Crippen LogP contribution < -0.4 is 0 Å². The van der Waals surface area contributed by atoms with Gasteiger partial charge >= 0.3 is 6.18 Å². The van der Waals surface area contributed by atoms with E-state index in [-0.39, 0.29) is 5.65 Å². The van der Waals surface area contributed by atoms with E-state index in [4.69, 9.17) is 5.26 Å². The monoisotopic (exact) mass is 425 g/mol. The minimum absolute atomic E-state index is 0.151. The predicted molar refractivity (Wildman–Crippen MR) is 108 cm³/mol. The molecule has 1 aromatic carbocycles. The van der Waals surface area contributed by atoms with Crippen LogP contribution in [0.1, 0.15) is 18.2 Å². The maximum atomic E-state index is 12.9. The molecule has 0 bridgehead atoms. The van der Waals surface area contributed by atoms with E-state index in [0.717, 1.165) is 34.2 Å². The van der Waals surface area contributed by atoms with Crippen molar-refractivity contribution in [1.29, 1.82) is 5.26 Å². The number of hydrogen-bond acceptors (Lipinski definition) is 5. The van der Waals surface area contributed by atoms with Gasteiger partial charge in [0.2, 0.25) is 0 Å². The first-order valence-electron chi connectivity index (χ1n) is 8.94. The van der Waals surface area contributed by atoms with Gasteiger partial charge in [0, 0.05) is 28.9 Å². The average molecular weight is 425 g/mol. The van der Waals surface area contributed by atoms with Crippen LogP contribution >= 0.6 is 11.8 Å². The molecule has 0 atom stereocenters. The van der Waals surface area contributed by atoms with E-state index in [9.17, 15) is 13.2 Å². The van der Waals surface area contributed by atoms with Gasteiger partial charge in [0.15, 0.2) is 0 Å². The van der Waals surface area contributed by atoms with Crippen LogP contribution in [0.3, 0.4) is 0 Å². The minimum atomic E-state index is -4.53. The van der Waals surface area contributed by atoms with Crippen molar-refractivity contribution in [1.82, 2.24) is 19.4 Å². The molecular weight excluding hydrogens is 411 g/mol. The number of halogens is 3. The van der Waals surface area contributed by atoms with Crippen molar-refractivity contribution < 1.29 is 13.2 Å². The molecule has 0 aliphatic rings. The van der Waals surface area contributed by atoms with Crippen LogP contribution in [0, 0.1) is 11.3 Å². The van der Waals surface area contributed by atoms with Crippen LogP contribution in [0.4, 0.5) is 13.2 Å². The van der Waals surface area contributed by atoms with Crippen LogP contribution in [-0.4, -0.2) is 25.1 Å². The zero-order valence-electron chi connectivity index (χ0n) is 15.7. The van der Waals surface area contributed by atoms with Gasteiger partial charge in [-0.05, 0) is 29.5 Å². The summed E-state index contributed by atoms with van der Waals surface area (Å²) in [6.07, 6.45) is -0.115. The second-order valence-corrected chi connectivity index (χ2v) is 7.66. The standard InChI is InChI=1S/C21H14F3N5S/c1-2-30-17-7-15(14-5-3-13(9-25)4-6-14)10-26-20(17)16-11-29-12-27-18(21(22,23)24)8-19(29)28-16/h3-8,10-12H,2H2,1H3. The Balaban J connectivity index is 1.77. The first-order chi connectivity index (χ1) is 14.4. The van der Waals surface area contributed by atoms with Gasteiger partial charge in [0.25, 0.3) is 0 Å². The summed E-state index contributed by atoms with van der Waals surface area (Å²) in [6, 6.07) is 12.2. The Labute approximate surface area is 174 Å². The molecule has 0 saturated carbocycles. The maximum Gasteiger partial charge on any atom is 0.433 e. The summed E-state index contributed by atoms with van der Waals surface area (Å²) >= 11 is 1.57. The highest BCUT2D eigenvalue weighted by molar-refractivity contribution is 7.99. The van der Waals surface area contributed by atoms with E-state index < -0.39 is 11.9 Å². The van der Waals surface area contributed by atoms with Crippen molar-refractivity contribution in [2.24, 2.45) is 0 Å². The molecule has 0 N–H and O–H groups in total. The number of fused-ring (bicyclic) bond motifs is 1. The third-order valence-corrected chi connectivity index (χ3v) is 5.29. The smallest absolute Gasteiger partial charge is 0.290 e. The van der Waals surface area contributed by atoms with Gasteiger partial charge in [0.1, 0.15) is 29.1 Å². The number of thioether (sulfide) groups is 1. The first-order valence-corrected chi connectivity index (χ1v) is 9.93. The van der Waals surface area contributed by atoms with E-state index >= 15 is 0 Å². The van der Waals surface area contributed by atoms with Crippen molar-refractivity contribution in [3.8, 4) is 28.6 Å². The third kappa shape index (κ3) is 3.86. The van der Waals surface area contributed by atoms with Crippen molar-refractivity contribution in [2.45, 2.75) is 18.0 Å². The highest BCUT2D eigenvalue weighted by Gasteiger charge is 2.33. The lowest BCUT2D eigenvalue weighted by molar-refractivity contribution is -0.141. The Bertz CT molecular complexity index is 1260. The summed E-state index contributed by atoms with van der Waals surface area (Å²) < 4.78 is 40.2. The Hall–Kier alpha value is -3.38. The molecule has 9 heteroatoms. The molecule has 0 fully saturated rings. The fraction of sp³-hybridized carbons (Fsp3) is 0.143. The molecule has 4 rings (SSSR count). The molecule has 0 aliphatic heterocycles. The number of pyridine rings is 1. The number of hydrogen-bond donors (Lipinski definition) is 0. The van der Waals surface area contributed by atoms with Gasteiger partial charge in [-0.2, -0.15) is 18.4 Å². The summed E-state index contributed by atoms with van der Waals surface area (Å²) in [5.74, 6) is 0.790. The predicted octanol–water partition coefficient (Wildman–Crippen LogP) is 5.46. The molecule has 5 nitrogen and oxygen atoms in total. The topological polar surface area (TPSA) is 66.9 Å². The second-order valence-electron chi connectivity index (χ2n) is 6.36. The number of benzene rings is 1. The molecule has 0 aliphatic carbocycles. The fourth-order valence-corrected chi connectivity index (χ4v) is 3.77. The number of nitriles is 1. The van der Waals surface area contributed by atoms with Crippen molar-refractivity contribution in [3.05, 3.63) is 66.4 Å². The lowest BCUT2D eigenvalue weighted by Gasteiger charge is -2.09. The Kier molecular flexibility index (Phi) is 5.18. The normalized spacial score (nSPS) is 11.6. The Morgan fingerprint density at radius 1 is 1.10 bits per heavy atom. The Morgan fingerprint density at radius 3 is 2.53 bits per heavy atom. The Morgan fingerprint density at radius 2 is 1.87 bits per heavy atom. The maximum absolute atomic E-state index is 12.9. The van der Waals surface area contributed by atoms with Gasteiger partial charge < -0.3 is 0 Å². The molecule has 0 unspecified atom stereocenters. The number of nitrogens with zero attached hydrogens (tertiary/aromatic N) is 5. The number of aromatic nitrogens is 4. The van der Waals surface area contributed by atoms with Crippen LogP contribution in [-0.2, 0) is 6.18 Å². The first kappa shape index (κ1) is 19.9. The number of rotatable bonds is 4. The van der Waals surface area contributed by atoms with Crippen LogP contribution in [0.5, 0.6) is 0 Å². The van der Waals surface area contributed by atoms with E-state index in [1.807, 2.05) is 25.1 Å². The molecule has 3 heterocycles. The SMILES string of the molecule is CCSc1cc(-c2ccc(C#N)cc2)cnc1-c1cn2cnc(C(F)(F)F)cc2n1. The van der Waals surface area contributed by atoms with Crippen molar-refractivity contribution in [3.63, 3.8) is 0 Å². The molecule has 0 spiro atoms. The average Bonchev–Trinajstić information content (AvgIpc) is 3.16. The molecular formula is C21H14F3N5S. The van der Waals surface area contributed by atoms with E-state index in [0.29, 0.717) is 17.0 Å². The van der Waals surface area contributed by atoms with Gasteiger partial charge in [-0.3, -0.25) is 9.38 Å². The molecule has 0 saturated heterocycles. The zero-order valence-corrected chi connectivity index (χ0v) is 16.5.